The van der Waals surface area contributed by atoms with E-state index in [-0.39, 0.29) is 0 Å². The Morgan fingerprint density at radius 3 is 2.23 bits per heavy atom. The van der Waals surface area contributed by atoms with Crippen molar-refractivity contribution in [1.82, 2.24) is 4.90 Å². The molecule has 0 spiro atoms. The molecule has 0 aromatic heterocycles. The third-order valence-electron chi connectivity index (χ3n) is 6.35. The SMILES string of the molecule is COc1ccc(OC[C@@H]2CN(CCCc3ccccc3)CC[C@H]2c2ccccc2)cc1. The van der Waals surface area contributed by atoms with Gasteiger partial charge < -0.3 is 14.4 Å². The van der Waals surface area contributed by atoms with E-state index in [4.69, 9.17) is 9.47 Å². The minimum Gasteiger partial charge on any atom is -0.497 e. The summed E-state index contributed by atoms with van der Waals surface area (Å²) in [5.74, 6) is 2.80. The van der Waals surface area contributed by atoms with Gasteiger partial charge in [-0.05, 0) is 73.7 Å². The van der Waals surface area contributed by atoms with E-state index in [0.29, 0.717) is 11.8 Å². The zero-order valence-corrected chi connectivity index (χ0v) is 18.5. The molecule has 0 radical (unpaired) electrons. The van der Waals surface area contributed by atoms with Crippen LogP contribution >= 0.6 is 0 Å². The summed E-state index contributed by atoms with van der Waals surface area (Å²) in [7, 11) is 1.69. The third kappa shape index (κ3) is 6.11. The van der Waals surface area contributed by atoms with E-state index < -0.39 is 0 Å². The van der Waals surface area contributed by atoms with Gasteiger partial charge in [0, 0.05) is 12.5 Å². The molecule has 3 aromatic rings. The van der Waals surface area contributed by atoms with Gasteiger partial charge in [-0.15, -0.1) is 0 Å². The molecule has 31 heavy (non-hydrogen) atoms. The Balaban J connectivity index is 1.37. The fourth-order valence-electron chi connectivity index (χ4n) is 4.65. The number of hydrogen-bond donors (Lipinski definition) is 0. The normalized spacial score (nSPS) is 19.1. The highest BCUT2D eigenvalue weighted by Crippen LogP contribution is 2.34. The second-order valence-corrected chi connectivity index (χ2v) is 8.44. The van der Waals surface area contributed by atoms with Crippen LogP contribution in [0, 0.1) is 5.92 Å². The van der Waals surface area contributed by atoms with Gasteiger partial charge in [0.1, 0.15) is 11.5 Å². The van der Waals surface area contributed by atoms with E-state index in [2.05, 4.69) is 65.6 Å². The Morgan fingerprint density at radius 2 is 1.52 bits per heavy atom. The number of rotatable bonds is 9. The van der Waals surface area contributed by atoms with Gasteiger partial charge in [-0.3, -0.25) is 0 Å². The van der Waals surface area contributed by atoms with Gasteiger partial charge in [-0.1, -0.05) is 60.7 Å². The van der Waals surface area contributed by atoms with Crippen LogP contribution in [-0.2, 0) is 6.42 Å². The van der Waals surface area contributed by atoms with Crippen molar-refractivity contribution in [3.05, 3.63) is 96.1 Å². The summed E-state index contributed by atoms with van der Waals surface area (Å²) in [4.78, 5) is 2.63. The minimum atomic E-state index is 0.481. The van der Waals surface area contributed by atoms with Gasteiger partial charge in [0.05, 0.1) is 13.7 Å². The molecule has 0 amide bonds. The molecule has 4 rings (SSSR count). The summed E-state index contributed by atoms with van der Waals surface area (Å²) in [5, 5.41) is 0. The van der Waals surface area contributed by atoms with Crippen molar-refractivity contribution in [2.75, 3.05) is 33.4 Å². The van der Waals surface area contributed by atoms with E-state index in [0.717, 1.165) is 44.2 Å². The number of hydrogen-bond acceptors (Lipinski definition) is 3. The first kappa shape index (κ1) is 21.5. The lowest BCUT2D eigenvalue weighted by molar-refractivity contribution is 0.110. The number of benzene rings is 3. The maximum Gasteiger partial charge on any atom is 0.119 e. The molecule has 0 bridgehead atoms. The molecule has 0 N–H and O–H groups in total. The van der Waals surface area contributed by atoms with Gasteiger partial charge in [-0.25, -0.2) is 0 Å². The number of aryl methyl sites for hydroxylation is 1. The molecule has 0 unspecified atom stereocenters. The Hall–Kier alpha value is -2.78. The quantitative estimate of drug-likeness (QED) is 0.440. The molecule has 1 saturated heterocycles. The first-order valence-electron chi connectivity index (χ1n) is 11.4. The highest BCUT2D eigenvalue weighted by molar-refractivity contribution is 5.31. The Labute approximate surface area is 186 Å². The summed E-state index contributed by atoms with van der Waals surface area (Å²) in [6.45, 7) is 4.13. The van der Waals surface area contributed by atoms with Crippen molar-refractivity contribution >= 4 is 0 Å². The van der Waals surface area contributed by atoms with E-state index in [1.807, 2.05) is 24.3 Å². The maximum absolute atomic E-state index is 6.24. The standard InChI is InChI=1S/C28H33NO2/c1-30-26-14-16-27(17-15-26)31-22-25-21-29(19-8-11-23-9-4-2-5-10-23)20-18-28(25)24-12-6-3-7-13-24/h2-7,9-10,12-17,25,28H,8,11,18-22H2,1H3/t25-,28-/m0/s1. The molecule has 162 valence electrons. The van der Waals surface area contributed by atoms with Crippen LogP contribution in [0.25, 0.3) is 0 Å². The molecule has 1 heterocycles. The summed E-state index contributed by atoms with van der Waals surface area (Å²) in [6.07, 6.45) is 3.53. The van der Waals surface area contributed by atoms with E-state index >= 15 is 0 Å². The van der Waals surface area contributed by atoms with Gasteiger partial charge in [0.2, 0.25) is 0 Å². The molecule has 0 saturated carbocycles. The van der Waals surface area contributed by atoms with Gasteiger partial charge in [0.15, 0.2) is 0 Å². The molecule has 2 atom stereocenters. The van der Waals surface area contributed by atoms with Crippen molar-refractivity contribution in [2.24, 2.45) is 5.92 Å². The smallest absolute Gasteiger partial charge is 0.119 e. The first-order valence-corrected chi connectivity index (χ1v) is 11.4. The van der Waals surface area contributed by atoms with Crippen LogP contribution in [0.5, 0.6) is 11.5 Å². The summed E-state index contributed by atoms with van der Waals surface area (Å²) in [6, 6.07) is 29.7. The Bertz CT molecular complexity index is 893. The third-order valence-corrected chi connectivity index (χ3v) is 6.35. The predicted octanol–water partition coefficient (Wildman–Crippen LogP) is 5.81. The number of ether oxygens (including phenoxy) is 2. The van der Waals surface area contributed by atoms with Crippen LogP contribution in [-0.4, -0.2) is 38.3 Å². The van der Waals surface area contributed by atoms with E-state index in [1.165, 1.54) is 24.0 Å². The van der Waals surface area contributed by atoms with Crippen LogP contribution in [0.2, 0.25) is 0 Å². The zero-order chi connectivity index (χ0) is 21.3. The molecule has 1 fully saturated rings. The van der Waals surface area contributed by atoms with Gasteiger partial charge in [0.25, 0.3) is 0 Å². The van der Waals surface area contributed by atoms with Crippen LogP contribution in [0.15, 0.2) is 84.9 Å². The minimum absolute atomic E-state index is 0.481. The second-order valence-electron chi connectivity index (χ2n) is 8.44. The Kier molecular flexibility index (Phi) is 7.62. The number of methoxy groups -OCH3 is 1. The van der Waals surface area contributed by atoms with Crippen molar-refractivity contribution in [1.29, 1.82) is 0 Å². The number of piperidine rings is 1. The molecule has 3 nitrogen and oxygen atoms in total. The molecular weight excluding hydrogens is 382 g/mol. The zero-order valence-electron chi connectivity index (χ0n) is 18.5. The summed E-state index contributed by atoms with van der Waals surface area (Å²) < 4.78 is 11.5. The molecule has 1 aliphatic heterocycles. The van der Waals surface area contributed by atoms with Crippen molar-refractivity contribution < 1.29 is 9.47 Å². The average molecular weight is 416 g/mol. The van der Waals surface area contributed by atoms with Crippen LogP contribution in [0.1, 0.15) is 29.9 Å². The maximum atomic E-state index is 6.24. The highest BCUT2D eigenvalue weighted by atomic mass is 16.5. The summed E-state index contributed by atoms with van der Waals surface area (Å²) in [5.41, 5.74) is 2.87. The fraction of sp³-hybridized carbons (Fsp3) is 0.357. The molecule has 3 aromatic carbocycles. The molecule has 1 aliphatic rings. The van der Waals surface area contributed by atoms with Crippen molar-refractivity contribution in [2.45, 2.75) is 25.2 Å². The van der Waals surface area contributed by atoms with Crippen LogP contribution in [0.4, 0.5) is 0 Å². The van der Waals surface area contributed by atoms with Crippen LogP contribution in [0.3, 0.4) is 0 Å². The van der Waals surface area contributed by atoms with E-state index in [1.54, 1.807) is 7.11 Å². The molecule has 0 aliphatic carbocycles. The Morgan fingerprint density at radius 1 is 0.839 bits per heavy atom. The van der Waals surface area contributed by atoms with Gasteiger partial charge in [-0.2, -0.15) is 0 Å². The van der Waals surface area contributed by atoms with E-state index in [9.17, 15) is 0 Å². The van der Waals surface area contributed by atoms with Gasteiger partial charge >= 0.3 is 0 Å². The lowest BCUT2D eigenvalue weighted by atomic mass is 9.81. The average Bonchev–Trinajstić information content (AvgIpc) is 2.84. The fourth-order valence-corrected chi connectivity index (χ4v) is 4.65. The highest BCUT2D eigenvalue weighted by Gasteiger charge is 2.30. The topological polar surface area (TPSA) is 21.7 Å². The molecule has 3 heteroatoms. The molecular formula is C28H33NO2. The summed E-state index contributed by atoms with van der Waals surface area (Å²) >= 11 is 0. The van der Waals surface area contributed by atoms with Crippen molar-refractivity contribution in [3.8, 4) is 11.5 Å². The number of nitrogens with zero attached hydrogens (tertiary/aromatic N) is 1. The second kappa shape index (κ2) is 11.0. The lowest BCUT2D eigenvalue weighted by Gasteiger charge is -2.39. The first-order chi connectivity index (χ1) is 15.3. The van der Waals surface area contributed by atoms with Crippen molar-refractivity contribution in [3.63, 3.8) is 0 Å². The monoisotopic (exact) mass is 415 g/mol. The predicted molar refractivity (Wildman–Crippen MR) is 127 cm³/mol. The number of likely N-dealkylation sites (tertiary alicyclic amines) is 1. The van der Waals surface area contributed by atoms with Crippen LogP contribution < -0.4 is 9.47 Å². The lowest BCUT2D eigenvalue weighted by Crippen LogP contribution is -2.42. The largest absolute Gasteiger partial charge is 0.497 e.